The molecule has 0 bridgehead atoms. The van der Waals surface area contributed by atoms with E-state index in [9.17, 15) is 5.11 Å². The number of rotatable bonds is 6. The molecule has 0 aliphatic carbocycles. The Morgan fingerprint density at radius 1 is 0.970 bits per heavy atom. The van der Waals surface area contributed by atoms with Gasteiger partial charge in [-0.25, -0.2) is 9.97 Å². The van der Waals surface area contributed by atoms with Gasteiger partial charge < -0.3 is 14.6 Å². The number of aromatic hydroxyl groups is 1. The number of imidazole rings is 1. The highest BCUT2D eigenvalue weighted by molar-refractivity contribution is 5.90. The van der Waals surface area contributed by atoms with Gasteiger partial charge in [0, 0.05) is 23.4 Å². The second-order valence-electron chi connectivity index (χ2n) is 8.00. The van der Waals surface area contributed by atoms with Crippen molar-refractivity contribution in [2.75, 3.05) is 7.11 Å². The van der Waals surface area contributed by atoms with Crippen molar-refractivity contribution in [3.05, 3.63) is 72.9 Å². The van der Waals surface area contributed by atoms with Gasteiger partial charge in [-0.15, -0.1) is 0 Å². The highest BCUT2D eigenvalue weighted by Gasteiger charge is 2.20. The lowest BCUT2D eigenvalue weighted by molar-refractivity contribution is 0.217. The Bertz CT molecular complexity index is 1440. The van der Waals surface area contributed by atoms with Gasteiger partial charge >= 0.3 is 0 Å². The Balaban J connectivity index is 1.78. The lowest BCUT2D eigenvalue weighted by Crippen LogP contribution is -2.09. The predicted octanol–water partition coefficient (Wildman–Crippen LogP) is 6.11. The van der Waals surface area contributed by atoms with E-state index in [1.807, 2.05) is 72.0 Å². The Morgan fingerprint density at radius 3 is 2.45 bits per heavy atom. The zero-order valence-corrected chi connectivity index (χ0v) is 18.8. The van der Waals surface area contributed by atoms with Crippen molar-refractivity contribution < 1.29 is 14.6 Å². The fourth-order valence-corrected chi connectivity index (χ4v) is 3.97. The summed E-state index contributed by atoms with van der Waals surface area (Å²) in [5.41, 5.74) is 5.08. The van der Waals surface area contributed by atoms with Crippen LogP contribution in [0.2, 0.25) is 0 Å². The van der Waals surface area contributed by atoms with Gasteiger partial charge in [0.2, 0.25) is 5.78 Å². The lowest BCUT2D eigenvalue weighted by Gasteiger charge is -2.17. The zero-order chi connectivity index (χ0) is 22.9. The normalized spacial score (nSPS) is 12.2. The Hall–Kier alpha value is -4.06. The molecule has 33 heavy (non-hydrogen) atoms. The van der Waals surface area contributed by atoms with Gasteiger partial charge in [-0.2, -0.15) is 0 Å². The topological polar surface area (TPSA) is 68.9 Å². The summed E-state index contributed by atoms with van der Waals surface area (Å²) < 4.78 is 13.2. The van der Waals surface area contributed by atoms with Crippen molar-refractivity contribution in [2.45, 2.75) is 26.4 Å². The van der Waals surface area contributed by atoms with Crippen molar-refractivity contribution in [3.63, 3.8) is 0 Å². The highest BCUT2D eigenvalue weighted by Crippen LogP contribution is 2.40. The summed E-state index contributed by atoms with van der Waals surface area (Å²) in [5.74, 6) is 2.12. The molecule has 0 saturated carbocycles. The molecule has 0 aliphatic heterocycles. The number of methoxy groups -OCH3 is 1. The van der Waals surface area contributed by atoms with E-state index in [4.69, 9.17) is 9.47 Å². The van der Waals surface area contributed by atoms with E-state index in [1.54, 1.807) is 19.4 Å². The first kappa shape index (κ1) is 20.8. The summed E-state index contributed by atoms with van der Waals surface area (Å²) in [6.07, 6.45) is 2.76. The van der Waals surface area contributed by atoms with Gasteiger partial charge in [-0.1, -0.05) is 31.2 Å². The number of para-hydroxylation sites is 2. The predicted molar refractivity (Wildman–Crippen MR) is 130 cm³/mol. The third kappa shape index (κ3) is 3.74. The van der Waals surface area contributed by atoms with Crippen LogP contribution in [0.15, 0.2) is 72.9 Å². The number of nitrogens with zero attached hydrogens (tertiary/aromatic N) is 3. The molecule has 5 rings (SSSR count). The molecule has 0 fully saturated rings. The molecule has 2 heterocycles. The fraction of sp³-hybridized carbons (Fsp3) is 0.185. The van der Waals surface area contributed by atoms with Crippen molar-refractivity contribution in [1.29, 1.82) is 0 Å². The van der Waals surface area contributed by atoms with E-state index in [0.717, 1.165) is 40.0 Å². The number of phenolic OH excluding ortho intramolecular Hbond substituents is 1. The van der Waals surface area contributed by atoms with Crippen molar-refractivity contribution in [3.8, 4) is 39.6 Å². The SMILES string of the molecule is CCC(C)Oc1ccc(-c2c(-c3ccc(OC)cc3)cnc3nc4ccccc4n23)c(O)c1. The average molecular weight is 440 g/mol. The fourth-order valence-electron chi connectivity index (χ4n) is 3.97. The molecule has 0 amide bonds. The number of aromatic nitrogens is 3. The number of phenols is 1. The minimum atomic E-state index is 0.0651. The molecule has 3 aromatic carbocycles. The standard InChI is InChI=1S/C27H25N3O3/c1-4-17(2)33-20-13-14-21(25(31)15-20)26-22(18-9-11-19(32-3)12-10-18)16-28-27-29-23-7-5-6-8-24(23)30(26)27/h5-17,31H,4H2,1-3H3. The Morgan fingerprint density at radius 2 is 1.73 bits per heavy atom. The summed E-state index contributed by atoms with van der Waals surface area (Å²) in [6, 6.07) is 21.2. The van der Waals surface area contributed by atoms with Crippen LogP contribution in [0.3, 0.4) is 0 Å². The van der Waals surface area contributed by atoms with Gasteiger partial charge in [-0.3, -0.25) is 4.40 Å². The molecule has 0 saturated heterocycles. The van der Waals surface area contributed by atoms with Crippen LogP contribution in [-0.4, -0.2) is 32.7 Å². The minimum Gasteiger partial charge on any atom is -0.507 e. The summed E-state index contributed by atoms with van der Waals surface area (Å²) in [7, 11) is 1.65. The first-order valence-corrected chi connectivity index (χ1v) is 11.0. The highest BCUT2D eigenvalue weighted by atomic mass is 16.5. The quantitative estimate of drug-likeness (QED) is 0.346. The third-order valence-electron chi connectivity index (χ3n) is 5.87. The molecule has 6 heteroatoms. The van der Waals surface area contributed by atoms with Gasteiger partial charge in [0.05, 0.1) is 29.9 Å². The van der Waals surface area contributed by atoms with Gasteiger partial charge in [0.15, 0.2) is 0 Å². The second-order valence-corrected chi connectivity index (χ2v) is 8.00. The van der Waals surface area contributed by atoms with Crippen LogP contribution in [0.5, 0.6) is 17.2 Å². The summed E-state index contributed by atoms with van der Waals surface area (Å²) >= 11 is 0. The van der Waals surface area contributed by atoms with E-state index in [1.165, 1.54) is 0 Å². The van der Waals surface area contributed by atoms with Gasteiger partial charge in [-0.05, 0) is 55.3 Å². The van der Waals surface area contributed by atoms with Crippen LogP contribution >= 0.6 is 0 Å². The van der Waals surface area contributed by atoms with E-state index in [0.29, 0.717) is 17.1 Å². The molecular weight excluding hydrogens is 414 g/mol. The van der Waals surface area contributed by atoms with E-state index >= 15 is 0 Å². The van der Waals surface area contributed by atoms with Gasteiger partial charge in [0.25, 0.3) is 0 Å². The average Bonchev–Trinajstić information content (AvgIpc) is 3.22. The van der Waals surface area contributed by atoms with Crippen molar-refractivity contribution in [1.82, 2.24) is 14.4 Å². The van der Waals surface area contributed by atoms with Crippen molar-refractivity contribution >= 4 is 16.8 Å². The van der Waals surface area contributed by atoms with Gasteiger partial charge in [0.1, 0.15) is 17.2 Å². The first-order chi connectivity index (χ1) is 16.1. The molecule has 0 aliphatic rings. The smallest absolute Gasteiger partial charge is 0.235 e. The molecule has 2 aromatic heterocycles. The Kier molecular flexibility index (Phi) is 5.34. The van der Waals surface area contributed by atoms with E-state index in [-0.39, 0.29) is 11.9 Å². The maximum Gasteiger partial charge on any atom is 0.235 e. The van der Waals surface area contributed by atoms with Crippen LogP contribution in [0.4, 0.5) is 0 Å². The van der Waals surface area contributed by atoms with Crippen LogP contribution < -0.4 is 9.47 Å². The number of ether oxygens (including phenoxy) is 2. The molecule has 1 atom stereocenters. The molecule has 6 nitrogen and oxygen atoms in total. The van der Waals surface area contributed by atoms with E-state index < -0.39 is 0 Å². The molecule has 166 valence electrons. The third-order valence-corrected chi connectivity index (χ3v) is 5.87. The van der Waals surface area contributed by atoms with E-state index in [2.05, 4.69) is 16.9 Å². The Labute approximate surface area is 192 Å². The summed E-state index contributed by atoms with van der Waals surface area (Å²) in [5, 5.41) is 11.1. The number of benzene rings is 3. The maximum atomic E-state index is 11.1. The lowest BCUT2D eigenvalue weighted by atomic mass is 9.99. The number of fused-ring (bicyclic) bond motifs is 3. The van der Waals surface area contributed by atoms with Crippen LogP contribution in [0, 0.1) is 0 Å². The monoisotopic (exact) mass is 439 g/mol. The summed E-state index contributed by atoms with van der Waals surface area (Å²) in [6.45, 7) is 4.08. The maximum absolute atomic E-state index is 11.1. The number of hydrogen-bond acceptors (Lipinski definition) is 5. The van der Waals surface area contributed by atoms with Crippen LogP contribution in [-0.2, 0) is 0 Å². The number of hydrogen-bond donors (Lipinski definition) is 1. The molecule has 1 unspecified atom stereocenters. The molecule has 0 spiro atoms. The zero-order valence-electron chi connectivity index (χ0n) is 18.8. The molecule has 5 aromatic rings. The molecule has 0 radical (unpaired) electrons. The van der Waals surface area contributed by atoms with Crippen LogP contribution in [0.1, 0.15) is 20.3 Å². The minimum absolute atomic E-state index is 0.0651. The second kappa shape index (κ2) is 8.47. The van der Waals surface area contributed by atoms with Crippen molar-refractivity contribution in [2.24, 2.45) is 0 Å². The first-order valence-electron chi connectivity index (χ1n) is 11.0. The van der Waals surface area contributed by atoms with Crippen LogP contribution in [0.25, 0.3) is 39.2 Å². The molecule has 1 N–H and O–H groups in total. The summed E-state index contributed by atoms with van der Waals surface area (Å²) in [4.78, 5) is 9.32. The largest absolute Gasteiger partial charge is 0.507 e. The molecular formula is C27H25N3O3.